The Morgan fingerprint density at radius 3 is 3.00 bits per heavy atom. The highest BCUT2D eigenvalue weighted by molar-refractivity contribution is 7.99. The Kier molecular flexibility index (Phi) is 2.60. The van der Waals surface area contributed by atoms with Crippen LogP contribution in [0.4, 0.5) is 0 Å². The van der Waals surface area contributed by atoms with Crippen molar-refractivity contribution in [2.75, 3.05) is 5.75 Å². The average Bonchev–Trinajstić information content (AvgIpc) is 1.96. The molecule has 1 heterocycles. The van der Waals surface area contributed by atoms with Crippen LogP contribution in [0.5, 0.6) is 0 Å². The second kappa shape index (κ2) is 3.28. The van der Waals surface area contributed by atoms with Gasteiger partial charge in [-0.05, 0) is 6.92 Å². The molecule has 1 fully saturated rings. The second-order valence-electron chi connectivity index (χ2n) is 2.68. The molecule has 0 aromatic heterocycles. The van der Waals surface area contributed by atoms with Gasteiger partial charge in [0.05, 0.1) is 0 Å². The highest BCUT2D eigenvalue weighted by atomic mass is 32.2. The molecular formula is C7H13NOS. The summed E-state index contributed by atoms with van der Waals surface area (Å²) in [7, 11) is 0. The van der Waals surface area contributed by atoms with E-state index in [9.17, 15) is 4.79 Å². The minimum atomic E-state index is 0.198. The van der Waals surface area contributed by atoms with E-state index in [4.69, 9.17) is 0 Å². The smallest absolute Gasteiger partial charge is 0.221 e. The number of carbonyl (C=O) groups excluding carboxylic acids is 1. The first-order chi connectivity index (χ1) is 4.70. The zero-order chi connectivity index (χ0) is 7.56. The Hall–Kier alpha value is -0.180. The number of nitrogens with one attached hydrogen (secondary N) is 1. The molecule has 0 aromatic carbocycles. The fourth-order valence-corrected chi connectivity index (χ4v) is 1.96. The van der Waals surface area contributed by atoms with Crippen LogP contribution in [0.15, 0.2) is 0 Å². The van der Waals surface area contributed by atoms with E-state index >= 15 is 0 Å². The van der Waals surface area contributed by atoms with Crippen LogP contribution in [0.2, 0.25) is 0 Å². The minimum Gasteiger partial charge on any atom is -0.353 e. The molecule has 0 saturated carbocycles. The van der Waals surface area contributed by atoms with Gasteiger partial charge >= 0.3 is 0 Å². The van der Waals surface area contributed by atoms with E-state index in [0.29, 0.717) is 17.7 Å². The molecule has 1 aliphatic rings. The molecule has 0 aliphatic carbocycles. The third-order valence-corrected chi connectivity index (χ3v) is 3.18. The van der Waals surface area contributed by atoms with Crippen LogP contribution in [0, 0.1) is 0 Å². The zero-order valence-corrected chi connectivity index (χ0v) is 7.20. The monoisotopic (exact) mass is 159 g/mol. The summed E-state index contributed by atoms with van der Waals surface area (Å²) in [4.78, 5) is 10.9. The van der Waals surface area contributed by atoms with Crippen molar-refractivity contribution in [3.05, 3.63) is 0 Å². The van der Waals surface area contributed by atoms with Crippen molar-refractivity contribution in [2.45, 2.75) is 31.6 Å². The Balaban J connectivity index is 2.49. The van der Waals surface area contributed by atoms with Crippen molar-refractivity contribution in [1.82, 2.24) is 5.32 Å². The van der Waals surface area contributed by atoms with Crippen molar-refractivity contribution in [3.8, 4) is 0 Å². The van der Waals surface area contributed by atoms with Crippen molar-refractivity contribution in [2.24, 2.45) is 0 Å². The van der Waals surface area contributed by atoms with Gasteiger partial charge in [0.15, 0.2) is 0 Å². The number of amides is 1. The first-order valence-electron chi connectivity index (χ1n) is 3.61. The summed E-state index contributed by atoms with van der Waals surface area (Å²) in [5.74, 6) is 1.17. The summed E-state index contributed by atoms with van der Waals surface area (Å²) >= 11 is 1.87. The summed E-state index contributed by atoms with van der Waals surface area (Å²) in [6.07, 6.45) is 0.680. The normalized spacial score (nSPS) is 34.8. The molecule has 2 atom stereocenters. The Bertz CT molecular complexity index is 138. The molecule has 1 N–H and O–H groups in total. The maximum Gasteiger partial charge on any atom is 0.221 e. The lowest BCUT2D eigenvalue weighted by Gasteiger charge is -2.15. The van der Waals surface area contributed by atoms with Crippen molar-refractivity contribution in [3.63, 3.8) is 0 Å². The van der Waals surface area contributed by atoms with Gasteiger partial charge in [0.1, 0.15) is 0 Å². The van der Waals surface area contributed by atoms with Gasteiger partial charge < -0.3 is 5.32 Å². The molecule has 0 bridgehead atoms. The van der Waals surface area contributed by atoms with Gasteiger partial charge in [-0.1, -0.05) is 6.92 Å². The van der Waals surface area contributed by atoms with Crippen LogP contribution in [-0.4, -0.2) is 23.0 Å². The van der Waals surface area contributed by atoms with Gasteiger partial charge in [0.2, 0.25) is 5.91 Å². The lowest BCUT2D eigenvalue weighted by atomic mass is 10.2. The Morgan fingerprint density at radius 1 is 1.60 bits per heavy atom. The van der Waals surface area contributed by atoms with E-state index in [1.807, 2.05) is 11.8 Å². The fourth-order valence-electron chi connectivity index (χ4n) is 0.925. The van der Waals surface area contributed by atoms with E-state index in [1.54, 1.807) is 0 Å². The highest BCUT2D eigenvalue weighted by Crippen LogP contribution is 2.17. The van der Waals surface area contributed by atoms with Gasteiger partial charge in [0.25, 0.3) is 0 Å². The molecule has 0 radical (unpaired) electrons. The van der Waals surface area contributed by atoms with Crippen molar-refractivity contribution < 1.29 is 4.79 Å². The van der Waals surface area contributed by atoms with E-state index in [0.717, 1.165) is 5.75 Å². The lowest BCUT2D eigenvalue weighted by molar-refractivity contribution is -0.121. The van der Waals surface area contributed by atoms with E-state index in [1.165, 1.54) is 0 Å². The molecule has 0 aromatic rings. The van der Waals surface area contributed by atoms with Crippen molar-refractivity contribution in [1.29, 1.82) is 0 Å². The van der Waals surface area contributed by atoms with Gasteiger partial charge in [0, 0.05) is 23.5 Å². The molecule has 0 spiro atoms. The number of carbonyl (C=O) groups is 1. The highest BCUT2D eigenvalue weighted by Gasteiger charge is 2.18. The van der Waals surface area contributed by atoms with Crippen molar-refractivity contribution >= 4 is 17.7 Å². The maximum absolute atomic E-state index is 10.9. The first-order valence-corrected chi connectivity index (χ1v) is 4.66. The summed E-state index contributed by atoms with van der Waals surface area (Å²) in [5, 5.41) is 3.49. The predicted molar refractivity (Wildman–Crippen MR) is 44.1 cm³/mol. The number of thioether (sulfide) groups is 1. The Labute approximate surface area is 65.8 Å². The quantitative estimate of drug-likeness (QED) is 0.571. The molecule has 1 saturated heterocycles. The fraction of sp³-hybridized carbons (Fsp3) is 0.857. The van der Waals surface area contributed by atoms with Gasteiger partial charge in [-0.2, -0.15) is 11.8 Å². The summed E-state index contributed by atoms with van der Waals surface area (Å²) < 4.78 is 0. The number of hydrogen-bond acceptors (Lipinski definition) is 2. The molecule has 1 aliphatic heterocycles. The molecular weight excluding hydrogens is 146 g/mol. The topological polar surface area (TPSA) is 29.1 Å². The molecule has 10 heavy (non-hydrogen) atoms. The zero-order valence-electron chi connectivity index (χ0n) is 6.39. The molecule has 1 rings (SSSR count). The van der Waals surface area contributed by atoms with Crippen LogP contribution >= 0.6 is 11.8 Å². The molecule has 2 unspecified atom stereocenters. The largest absolute Gasteiger partial charge is 0.353 e. The van der Waals surface area contributed by atoms with E-state index < -0.39 is 0 Å². The van der Waals surface area contributed by atoms with Crippen LogP contribution in [0.25, 0.3) is 0 Å². The van der Waals surface area contributed by atoms with Gasteiger partial charge in [-0.25, -0.2) is 0 Å². The van der Waals surface area contributed by atoms with Gasteiger partial charge in [-0.15, -0.1) is 0 Å². The summed E-state index contributed by atoms with van der Waals surface area (Å²) in [6, 6.07) is 0.333. The standard InChI is InChI=1S/C7H13NOS/c1-5-6(2)10-4-3-7(9)8-5/h5-6H,3-4H2,1-2H3,(H,8,9). The van der Waals surface area contributed by atoms with E-state index in [2.05, 4.69) is 19.2 Å². The van der Waals surface area contributed by atoms with Gasteiger partial charge in [-0.3, -0.25) is 4.79 Å². The summed E-state index contributed by atoms with van der Waals surface area (Å²) in [5.41, 5.74) is 0. The van der Waals surface area contributed by atoms with Crippen LogP contribution < -0.4 is 5.32 Å². The summed E-state index contributed by atoms with van der Waals surface area (Å²) in [6.45, 7) is 4.21. The molecule has 2 nitrogen and oxygen atoms in total. The van der Waals surface area contributed by atoms with E-state index in [-0.39, 0.29) is 5.91 Å². The van der Waals surface area contributed by atoms with Crippen LogP contribution in [-0.2, 0) is 4.79 Å². The number of hydrogen-bond donors (Lipinski definition) is 1. The average molecular weight is 159 g/mol. The number of rotatable bonds is 0. The Morgan fingerprint density at radius 2 is 2.30 bits per heavy atom. The molecule has 1 amide bonds. The first kappa shape index (κ1) is 7.92. The molecule has 3 heteroatoms. The molecule has 58 valence electrons. The third-order valence-electron chi connectivity index (χ3n) is 1.80. The lowest BCUT2D eigenvalue weighted by Crippen LogP contribution is -2.36. The second-order valence-corrected chi connectivity index (χ2v) is 4.17. The SMILES string of the molecule is CC1NC(=O)CCSC1C. The van der Waals surface area contributed by atoms with Crippen LogP contribution in [0.3, 0.4) is 0 Å². The minimum absolute atomic E-state index is 0.198. The predicted octanol–water partition coefficient (Wildman–Crippen LogP) is 1.02. The van der Waals surface area contributed by atoms with Crippen LogP contribution in [0.1, 0.15) is 20.3 Å². The third kappa shape index (κ3) is 1.90. The maximum atomic E-state index is 10.9.